The van der Waals surface area contributed by atoms with Gasteiger partial charge in [-0.1, -0.05) is 19.8 Å². The van der Waals surface area contributed by atoms with Gasteiger partial charge in [-0.25, -0.2) is 17.9 Å². The van der Waals surface area contributed by atoms with E-state index in [9.17, 15) is 18.0 Å². The second-order valence-corrected chi connectivity index (χ2v) is 9.46. The van der Waals surface area contributed by atoms with Crippen LogP contribution in [0.25, 0.3) is 0 Å². The van der Waals surface area contributed by atoms with Crippen LogP contribution < -0.4 is 14.8 Å². The van der Waals surface area contributed by atoms with E-state index in [1.165, 1.54) is 31.7 Å². The predicted octanol–water partition coefficient (Wildman–Crippen LogP) is 1.99. The molecule has 0 bridgehead atoms. The molecule has 0 radical (unpaired) electrons. The Labute approximate surface area is 171 Å². The van der Waals surface area contributed by atoms with E-state index < -0.39 is 22.6 Å². The van der Waals surface area contributed by atoms with Gasteiger partial charge in [-0.3, -0.25) is 4.79 Å². The summed E-state index contributed by atoms with van der Waals surface area (Å²) in [6.45, 7) is 1.70. The maximum absolute atomic E-state index is 12.5. The van der Waals surface area contributed by atoms with Crippen molar-refractivity contribution in [3.05, 3.63) is 23.8 Å². The van der Waals surface area contributed by atoms with Gasteiger partial charge in [0.1, 0.15) is 10.6 Å². The minimum Gasteiger partial charge on any atom is -0.495 e. The van der Waals surface area contributed by atoms with Gasteiger partial charge in [-0.2, -0.15) is 0 Å². The van der Waals surface area contributed by atoms with Crippen molar-refractivity contribution in [3.8, 4) is 5.75 Å². The van der Waals surface area contributed by atoms with Crippen molar-refractivity contribution >= 4 is 21.9 Å². The zero-order valence-corrected chi connectivity index (χ0v) is 17.6. The lowest BCUT2D eigenvalue weighted by Crippen LogP contribution is -2.42. The number of carbonyl (C=O) groups excluding carboxylic acids is 2. The molecule has 2 fully saturated rings. The molecule has 0 saturated heterocycles. The van der Waals surface area contributed by atoms with E-state index in [1.807, 2.05) is 0 Å². The van der Waals surface area contributed by atoms with Crippen molar-refractivity contribution in [1.82, 2.24) is 10.0 Å². The van der Waals surface area contributed by atoms with Crippen molar-refractivity contribution in [3.63, 3.8) is 0 Å². The quantitative estimate of drug-likeness (QED) is 0.618. The molecule has 2 aliphatic carbocycles. The number of hydrogen-bond acceptors (Lipinski definition) is 6. The molecule has 2 N–H and O–H groups in total. The third-order valence-electron chi connectivity index (χ3n) is 5.38. The first-order chi connectivity index (χ1) is 13.8. The van der Waals surface area contributed by atoms with E-state index in [2.05, 4.69) is 17.0 Å². The highest BCUT2D eigenvalue weighted by Crippen LogP contribution is 2.28. The first-order valence-corrected chi connectivity index (χ1v) is 11.5. The van der Waals surface area contributed by atoms with Gasteiger partial charge in [0, 0.05) is 12.1 Å². The fourth-order valence-electron chi connectivity index (χ4n) is 3.49. The van der Waals surface area contributed by atoms with Gasteiger partial charge >= 0.3 is 5.97 Å². The minimum atomic E-state index is -3.81. The van der Waals surface area contributed by atoms with Crippen LogP contribution in [-0.4, -0.2) is 46.1 Å². The molecule has 0 heterocycles. The summed E-state index contributed by atoms with van der Waals surface area (Å²) in [5, 5.41) is 2.92. The second-order valence-electron chi connectivity index (χ2n) is 7.77. The molecule has 3 rings (SSSR count). The van der Waals surface area contributed by atoms with Crippen LogP contribution in [0.4, 0.5) is 0 Å². The molecule has 9 heteroatoms. The van der Waals surface area contributed by atoms with Crippen LogP contribution in [0.1, 0.15) is 55.8 Å². The Balaban J connectivity index is 1.62. The summed E-state index contributed by atoms with van der Waals surface area (Å²) in [4.78, 5) is 24.4. The maximum atomic E-state index is 12.5. The van der Waals surface area contributed by atoms with Crippen molar-refractivity contribution < 1.29 is 27.5 Å². The van der Waals surface area contributed by atoms with E-state index in [-0.39, 0.29) is 34.2 Å². The summed E-state index contributed by atoms with van der Waals surface area (Å²) < 4.78 is 37.9. The van der Waals surface area contributed by atoms with Gasteiger partial charge < -0.3 is 14.8 Å². The molecule has 1 amide bonds. The Morgan fingerprint density at radius 3 is 2.52 bits per heavy atom. The Bertz CT molecular complexity index is 866. The zero-order valence-electron chi connectivity index (χ0n) is 16.8. The van der Waals surface area contributed by atoms with Crippen LogP contribution >= 0.6 is 0 Å². The summed E-state index contributed by atoms with van der Waals surface area (Å²) in [6, 6.07) is 4.06. The lowest BCUT2D eigenvalue weighted by molar-refractivity contribution is -0.125. The van der Waals surface area contributed by atoms with Gasteiger partial charge in [0.25, 0.3) is 5.91 Å². The normalized spacial score (nSPS) is 22.0. The third-order valence-corrected chi connectivity index (χ3v) is 6.92. The molecule has 0 unspecified atom stereocenters. The summed E-state index contributed by atoms with van der Waals surface area (Å²) >= 11 is 0. The fourth-order valence-corrected chi connectivity index (χ4v) is 4.99. The van der Waals surface area contributed by atoms with Crippen LogP contribution in [0.2, 0.25) is 0 Å². The molecule has 1 aromatic carbocycles. The molecular weight excluding hydrogens is 396 g/mol. The minimum absolute atomic E-state index is 0.0424. The highest BCUT2D eigenvalue weighted by atomic mass is 32.2. The van der Waals surface area contributed by atoms with Crippen LogP contribution in [-0.2, 0) is 19.6 Å². The lowest BCUT2D eigenvalue weighted by atomic mass is 9.86. The number of ether oxygens (including phenoxy) is 2. The van der Waals surface area contributed by atoms with Crippen LogP contribution in [0.3, 0.4) is 0 Å². The van der Waals surface area contributed by atoms with Crippen molar-refractivity contribution in [2.45, 2.75) is 62.4 Å². The van der Waals surface area contributed by atoms with Crippen LogP contribution in [0.5, 0.6) is 5.75 Å². The number of rotatable bonds is 8. The van der Waals surface area contributed by atoms with E-state index in [4.69, 9.17) is 9.47 Å². The number of amides is 1. The second kappa shape index (κ2) is 9.13. The Morgan fingerprint density at radius 2 is 1.86 bits per heavy atom. The first kappa shape index (κ1) is 21.6. The van der Waals surface area contributed by atoms with Crippen molar-refractivity contribution in [1.29, 1.82) is 0 Å². The molecule has 8 nitrogen and oxygen atoms in total. The van der Waals surface area contributed by atoms with Gasteiger partial charge in [0.05, 0.1) is 12.7 Å². The molecule has 160 valence electrons. The van der Waals surface area contributed by atoms with Crippen LogP contribution in [0.15, 0.2) is 23.1 Å². The topological polar surface area (TPSA) is 111 Å². The molecule has 0 aromatic heterocycles. The predicted molar refractivity (Wildman–Crippen MR) is 106 cm³/mol. The number of esters is 1. The van der Waals surface area contributed by atoms with Crippen molar-refractivity contribution in [2.24, 2.45) is 5.92 Å². The monoisotopic (exact) mass is 424 g/mol. The van der Waals surface area contributed by atoms with E-state index in [0.29, 0.717) is 5.92 Å². The molecule has 1 aromatic rings. The smallest absolute Gasteiger partial charge is 0.338 e. The average molecular weight is 425 g/mol. The van der Waals surface area contributed by atoms with Gasteiger partial charge in [-0.15, -0.1) is 0 Å². The van der Waals surface area contributed by atoms with E-state index in [0.717, 1.165) is 32.1 Å². The molecule has 0 aliphatic heterocycles. The summed E-state index contributed by atoms with van der Waals surface area (Å²) in [5.41, 5.74) is 0.0424. The molecule has 2 atom stereocenters. The largest absolute Gasteiger partial charge is 0.495 e. The molecule has 2 aliphatic rings. The van der Waals surface area contributed by atoms with Crippen molar-refractivity contribution in [2.75, 3.05) is 13.7 Å². The highest BCUT2D eigenvalue weighted by Gasteiger charge is 2.30. The number of methoxy groups -OCH3 is 1. The standard InChI is InChI=1S/C20H28N2O6S/c1-13-5-3-4-6-16(13)21-19(23)12-28-20(24)14-7-10-17(27-2)18(11-14)29(25,26)22-15-8-9-15/h7,10-11,13,15-16,22H,3-6,8-9,12H2,1-2H3,(H,21,23)/t13-,16-/m1/s1. The maximum Gasteiger partial charge on any atom is 0.338 e. The summed E-state index contributed by atoms with van der Waals surface area (Å²) in [7, 11) is -2.45. The molecule has 29 heavy (non-hydrogen) atoms. The summed E-state index contributed by atoms with van der Waals surface area (Å²) in [6.07, 6.45) is 5.82. The number of carbonyl (C=O) groups is 2. The number of nitrogens with one attached hydrogen (secondary N) is 2. The van der Waals surface area contributed by atoms with Gasteiger partial charge in [0.2, 0.25) is 10.0 Å². The Hall–Kier alpha value is -2.13. The average Bonchev–Trinajstić information content (AvgIpc) is 3.50. The Morgan fingerprint density at radius 1 is 1.14 bits per heavy atom. The highest BCUT2D eigenvalue weighted by molar-refractivity contribution is 7.89. The molecule has 0 spiro atoms. The summed E-state index contributed by atoms with van der Waals surface area (Å²) in [5.74, 6) is -0.577. The van der Waals surface area contributed by atoms with Crippen LogP contribution in [0, 0.1) is 5.92 Å². The van der Waals surface area contributed by atoms with Gasteiger partial charge in [0.15, 0.2) is 6.61 Å². The van der Waals surface area contributed by atoms with E-state index >= 15 is 0 Å². The lowest BCUT2D eigenvalue weighted by Gasteiger charge is -2.29. The number of sulfonamides is 1. The third kappa shape index (κ3) is 5.70. The Kier molecular flexibility index (Phi) is 6.79. The number of hydrogen-bond donors (Lipinski definition) is 2. The fraction of sp³-hybridized carbons (Fsp3) is 0.600. The zero-order chi connectivity index (χ0) is 21.0. The first-order valence-electron chi connectivity index (χ1n) is 9.97. The number of benzene rings is 1. The molecule has 2 saturated carbocycles. The SMILES string of the molecule is COc1ccc(C(=O)OCC(=O)N[C@@H]2CCCC[C@H]2C)cc1S(=O)(=O)NC1CC1. The van der Waals surface area contributed by atoms with Gasteiger partial charge in [-0.05, 0) is 49.8 Å². The molecular formula is C20H28N2O6S. The van der Waals surface area contributed by atoms with E-state index in [1.54, 1.807) is 0 Å².